The molecule has 0 aliphatic carbocycles. The summed E-state index contributed by atoms with van der Waals surface area (Å²) in [6.07, 6.45) is 37.9. The molecule has 0 amide bonds. The van der Waals surface area contributed by atoms with Crippen LogP contribution in [0.3, 0.4) is 0 Å². The third kappa shape index (κ3) is 34.1. The van der Waals surface area contributed by atoms with Crippen LogP contribution in [0.5, 0.6) is 23.0 Å². The topological polar surface area (TPSA) is 88.5 Å². The maximum Gasteiger partial charge on any atom is 1.00 e. The number of hydrogen-bond donors (Lipinski definition) is 0. The summed E-state index contributed by atoms with van der Waals surface area (Å²) in [4.78, 5) is 17.7. The predicted octanol–water partition coefficient (Wildman–Crippen LogP) is 22.4. The number of aromatic nitrogens is 4. The van der Waals surface area contributed by atoms with Crippen molar-refractivity contribution in [2.24, 2.45) is 0 Å². The number of nitrogens with zero attached hydrogens (tertiary/aromatic N) is 4. The molecule has 0 aliphatic rings. The Morgan fingerprint density at radius 1 is 0.293 bits per heavy atom. The molecule has 0 saturated heterocycles. The molecule has 8 nitrogen and oxygen atoms in total. The molecule has 92 heavy (non-hydrogen) atoms. The Balaban J connectivity index is 0.000000605. The van der Waals surface area contributed by atoms with Gasteiger partial charge in [-0.05, 0) is 86.6 Å². The standard InChI is InChI=1S/C21H28NO.2C20H26NO.C19H24NO.4Os/c1-4-5-6-7-8-9-15-23-21-18(3)11-10-12-19(21)20-16-17(2)13-14-22-20;1-3-4-5-6-7-10-16-22-20-17(2)12-11-13-18(20)19-14-8-9-15-21-19;1-3-4-5-6-7-10-15-22-20-12-9-8-11-18(20)19-16-17(2)13-14-21-19;1-2-3-4-5-6-11-16-21-19-14-8-7-12-17(19)18-13-9-10-15-20-18;;;;/h10-11,13-14,16H,4-9,15H2,1-3H3;8-9,11-12,14-15H,3-7,10,16H2,1-2H3;8-9,12-14,16H,3-7,10,15H2,1-2H3;7-10,13-15H,2-6,11,16H2,1H3;;;;/q4*-1;4*+1. The maximum absolute atomic E-state index is 6.10. The van der Waals surface area contributed by atoms with Crippen molar-refractivity contribution in [1.82, 2.24) is 19.9 Å². The largest absolute Gasteiger partial charge is 1.00 e. The van der Waals surface area contributed by atoms with Crippen molar-refractivity contribution in [3.63, 3.8) is 0 Å². The van der Waals surface area contributed by atoms with Crippen molar-refractivity contribution in [3.8, 4) is 68.0 Å². The van der Waals surface area contributed by atoms with E-state index in [-0.39, 0.29) is 79.2 Å². The van der Waals surface area contributed by atoms with E-state index in [1.807, 2.05) is 122 Å². The molecular weight excluding hydrogens is 1840 g/mol. The fourth-order valence-corrected chi connectivity index (χ4v) is 10.0. The van der Waals surface area contributed by atoms with Gasteiger partial charge in [0.1, 0.15) is 0 Å². The Morgan fingerprint density at radius 2 is 0.609 bits per heavy atom. The number of aryl methyl sites for hydroxylation is 4. The van der Waals surface area contributed by atoms with E-state index in [1.54, 1.807) is 6.20 Å². The van der Waals surface area contributed by atoms with E-state index in [0.29, 0.717) is 0 Å². The Labute approximate surface area is 609 Å². The molecule has 0 unspecified atom stereocenters. The van der Waals surface area contributed by atoms with Crippen LogP contribution in [0.1, 0.15) is 204 Å². The molecule has 4 aromatic heterocycles. The van der Waals surface area contributed by atoms with Gasteiger partial charge in [-0.3, -0.25) is 0 Å². The monoisotopic (exact) mass is 1950 g/mol. The second-order valence-electron chi connectivity index (χ2n) is 22.9. The van der Waals surface area contributed by atoms with Crippen LogP contribution < -0.4 is 18.9 Å². The third-order valence-corrected chi connectivity index (χ3v) is 15.1. The molecule has 0 saturated carbocycles. The molecule has 0 N–H and O–H groups in total. The number of hydrogen-bond acceptors (Lipinski definition) is 8. The second kappa shape index (κ2) is 54.5. The smallest absolute Gasteiger partial charge is 0.537 e. The fraction of sp³-hybridized carbons (Fsp3) is 0.450. The van der Waals surface area contributed by atoms with E-state index in [2.05, 4.69) is 118 Å². The molecule has 0 bridgehead atoms. The first kappa shape index (κ1) is 85.2. The van der Waals surface area contributed by atoms with Crippen molar-refractivity contribution < 1.29 is 98.1 Å². The summed E-state index contributed by atoms with van der Waals surface area (Å²) < 4.78 is 24.0. The van der Waals surface area contributed by atoms with Gasteiger partial charge in [0, 0.05) is 47.8 Å². The molecule has 4 heterocycles. The molecule has 4 radical (unpaired) electrons. The first-order valence-electron chi connectivity index (χ1n) is 33.5. The molecule has 8 rings (SSSR count). The molecule has 4 aromatic carbocycles. The Hall–Kier alpha value is -4.77. The van der Waals surface area contributed by atoms with Gasteiger partial charge in [0.2, 0.25) is 0 Å². The SMILES string of the molecule is CCCCCCCCOc1c(-c2cc(C)ccn2)[c-]ccc1C.CCCCCCCCOc1c(-c2ccccn2)[c-]ccc1C.CCCCCCCCOc1ccc[c-]c1-c1cc(C)ccn1.CCCCCCCCOc1ccc[c-]c1-c1ccccn1.[Os+].[Os+].[Os+].[Os+]. The zero-order chi connectivity index (χ0) is 62.5. The minimum atomic E-state index is 0. The molecule has 0 spiro atoms. The number of benzene rings is 4. The summed E-state index contributed by atoms with van der Waals surface area (Å²) >= 11 is 0. The van der Waals surface area contributed by atoms with Crippen molar-refractivity contribution in [1.29, 1.82) is 0 Å². The van der Waals surface area contributed by atoms with Crippen molar-refractivity contribution in [3.05, 3.63) is 193 Å². The van der Waals surface area contributed by atoms with Crippen molar-refractivity contribution in [2.75, 3.05) is 26.4 Å². The van der Waals surface area contributed by atoms with Gasteiger partial charge in [0.05, 0.1) is 26.4 Å². The molecule has 500 valence electrons. The summed E-state index contributed by atoms with van der Waals surface area (Å²) in [5, 5.41) is 0. The van der Waals surface area contributed by atoms with Gasteiger partial charge in [-0.1, -0.05) is 251 Å². The summed E-state index contributed by atoms with van der Waals surface area (Å²) in [5.74, 6) is 3.62. The van der Waals surface area contributed by atoms with Crippen molar-refractivity contribution >= 4 is 0 Å². The van der Waals surface area contributed by atoms with Crippen LogP contribution in [-0.4, -0.2) is 46.4 Å². The van der Waals surface area contributed by atoms with E-state index >= 15 is 0 Å². The quantitative estimate of drug-likeness (QED) is 0.0283. The molecule has 0 atom stereocenters. The van der Waals surface area contributed by atoms with Crippen LogP contribution in [0.4, 0.5) is 0 Å². The number of rotatable bonds is 36. The van der Waals surface area contributed by atoms with Crippen molar-refractivity contribution in [2.45, 2.75) is 209 Å². The minimum absolute atomic E-state index is 0. The van der Waals surface area contributed by atoms with Crippen LogP contribution in [-0.2, 0) is 79.2 Å². The normalized spacial score (nSPS) is 10.2. The van der Waals surface area contributed by atoms with Gasteiger partial charge in [-0.25, -0.2) is 0 Å². The van der Waals surface area contributed by atoms with E-state index in [0.717, 1.165) is 131 Å². The number of pyridine rings is 4. The molecule has 12 heteroatoms. The van der Waals surface area contributed by atoms with E-state index in [1.165, 1.54) is 140 Å². The Bertz CT molecular complexity index is 3080. The summed E-state index contributed by atoms with van der Waals surface area (Å²) in [6.45, 7) is 20.4. The molecule has 0 fully saturated rings. The first-order chi connectivity index (χ1) is 43.3. The summed E-state index contributed by atoms with van der Waals surface area (Å²) in [7, 11) is 0. The van der Waals surface area contributed by atoms with Gasteiger partial charge >= 0.3 is 79.2 Å². The predicted molar refractivity (Wildman–Crippen MR) is 368 cm³/mol. The molecular formula is C80H104N4O4Os4. The average Bonchev–Trinajstić information content (AvgIpc) is 1.08. The molecule has 0 aliphatic heterocycles. The first-order valence-corrected chi connectivity index (χ1v) is 33.5. The zero-order valence-electron chi connectivity index (χ0n) is 56.5. The van der Waals surface area contributed by atoms with Gasteiger partial charge in [0.15, 0.2) is 0 Å². The van der Waals surface area contributed by atoms with Crippen LogP contribution in [0.25, 0.3) is 45.0 Å². The number of unbranched alkanes of at least 4 members (excludes halogenated alkanes) is 20. The Kier molecular flexibility index (Phi) is 50.5. The van der Waals surface area contributed by atoms with E-state index in [9.17, 15) is 0 Å². The van der Waals surface area contributed by atoms with Crippen LogP contribution in [0.2, 0.25) is 0 Å². The third-order valence-electron chi connectivity index (χ3n) is 15.1. The van der Waals surface area contributed by atoms with Crippen LogP contribution >= 0.6 is 0 Å². The summed E-state index contributed by atoms with van der Waals surface area (Å²) in [5.41, 5.74) is 12.2. The van der Waals surface area contributed by atoms with Crippen LogP contribution in [0.15, 0.2) is 146 Å². The second-order valence-corrected chi connectivity index (χ2v) is 22.9. The van der Waals surface area contributed by atoms with Gasteiger partial charge in [-0.2, -0.15) is 0 Å². The van der Waals surface area contributed by atoms with Crippen LogP contribution in [0, 0.1) is 52.0 Å². The fourth-order valence-electron chi connectivity index (χ4n) is 10.0. The zero-order valence-corrected chi connectivity index (χ0v) is 66.7. The summed E-state index contributed by atoms with van der Waals surface area (Å²) in [6, 6.07) is 52.8. The van der Waals surface area contributed by atoms with Gasteiger partial charge in [0.25, 0.3) is 0 Å². The number of ether oxygens (including phenoxy) is 4. The Morgan fingerprint density at radius 3 is 0.978 bits per heavy atom. The minimum Gasteiger partial charge on any atom is -0.537 e. The average molecular weight is 1950 g/mol. The van der Waals surface area contributed by atoms with E-state index < -0.39 is 0 Å². The molecule has 8 aromatic rings. The maximum atomic E-state index is 6.10. The van der Waals surface area contributed by atoms with Gasteiger partial charge < -0.3 is 38.9 Å². The van der Waals surface area contributed by atoms with E-state index in [4.69, 9.17) is 18.9 Å². The van der Waals surface area contributed by atoms with Gasteiger partial charge in [-0.15, -0.1) is 84.9 Å².